The standard InChI is InChI=1S/C27H27F2N3O3/c1-31(26(33)34)25(20-6-7-23(28)24(29)14-20)19-4-2-18(3-5-19)16-32-12-9-27(10-13-32)22-15-30-11-8-21(22)17-35-27/h2-8,11,14-15,25H,9-10,12-13,16-17H2,1H3,(H,33,34). The van der Waals surface area contributed by atoms with Gasteiger partial charge < -0.3 is 14.7 Å². The third kappa shape index (κ3) is 4.51. The van der Waals surface area contributed by atoms with Crippen LogP contribution in [0.5, 0.6) is 0 Å². The Balaban J connectivity index is 1.28. The highest BCUT2D eigenvalue weighted by atomic mass is 19.2. The van der Waals surface area contributed by atoms with E-state index in [0.29, 0.717) is 17.7 Å². The minimum atomic E-state index is -1.16. The first-order valence-corrected chi connectivity index (χ1v) is 11.7. The molecule has 2 aliphatic heterocycles. The number of fused-ring (bicyclic) bond motifs is 2. The Hall–Kier alpha value is -3.36. The zero-order valence-electron chi connectivity index (χ0n) is 19.5. The average molecular weight is 480 g/mol. The van der Waals surface area contributed by atoms with Crippen LogP contribution >= 0.6 is 0 Å². The molecule has 2 aromatic carbocycles. The predicted molar refractivity (Wildman–Crippen MR) is 126 cm³/mol. The molecule has 0 radical (unpaired) electrons. The number of likely N-dealkylation sites (tertiary alicyclic amines) is 1. The molecule has 6 nitrogen and oxygen atoms in total. The molecule has 182 valence electrons. The molecular formula is C27H27F2N3O3. The summed E-state index contributed by atoms with van der Waals surface area (Å²) in [5.41, 5.74) is 4.37. The van der Waals surface area contributed by atoms with Gasteiger partial charge in [0.2, 0.25) is 0 Å². The van der Waals surface area contributed by atoms with Crippen molar-refractivity contribution in [3.8, 4) is 0 Å². The van der Waals surface area contributed by atoms with Crippen LogP contribution < -0.4 is 0 Å². The van der Waals surface area contributed by atoms with E-state index in [2.05, 4.69) is 9.88 Å². The normalized spacial score (nSPS) is 17.8. The summed E-state index contributed by atoms with van der Waals surface area (Å²) in [6, 6.07) is 12.4. The van der Waals surface area contributed by atoms with Gasteiger partial charge in [0, 0.05) is 44.6 Å². The van der Waals surface area contributed by atoms with Gasteiger partial charge in [-0.15, -0.1) is 0 Å². The van der Waals surface area contributed by atoms with Gasteiger partial charge in [-0.2, -0.15) is 0 Å². The Morgan fingerprint density at radius 1 is 1.11 bits per heavy atom. The van der Waals surface area contributed by atoms with Crippen LogP contribution in [-0.2, 0) is 23.5 Å². The number of benzene rings is 2. The third-order valence-corrected chi connectivity index (χ3v) is 7.22. The first-order valence-electron chi connectivity index (χ1n) is 11.7. The summed E-state index contributed by atoms with van der Waals surface area (Å²) in [7, 11) is 1.42. The van der Waals surface area contributed by atoms with Crippen molar-refractivity contribution in [1.29, 1.82) is 0 Å². The zero-order chi connectivity index (χ0) is 24.6. The van der Waals surface area contributed by atoms with Crippen molar-refractivity contribution in [2.45, 2.75) is 37.6 Å². The van der Waals surface area contributed by atoms with Gasteiger partial charge >= 0.3 is 6.09 Å². The fourth-order valence-corrected chi connectivity index (χ4v) is 5.24. The molecule has 8 heteroatoms. The van der Waals surface area contributed by atoms with Crippen LogP contribution in [0.2, 0.25) is 0 Å². The number of hydrogen-bond acceptors (Lipinski definition) is 4. The van der Waals surface area contributed by atoms with Crippen LogP contribution in [0.1, 0.15) is 46.7 Å². The monoisotopic (exact) mass is 479 g/mol. The summed E-state index contributed by atoms with van der Waals surface area (Å²) in [4.78, 5) is 19.5. The molecule has 2 aliphatic rings. The number of hydrogen-bond donors (Lipinski definition) is 1. The molecule has 5 rings (SSSR count). The molecule has 1 aromatic heterocycles. The van der Waals surface area contributed by atoms with Crippen LogP contribution in [-0.4, -0.2) is 46.1 Å². The highest BCUT2D eigenvalue weighted by Crippen LogP contribution is 2.43. The van der Waals surface area contributed by atoms with Gasteiger partial charge in [-0.3, -0.25) is 9.88 Å². The van der Waals surface area contributed by atoms with Crippen molar-refractivity contribution in [2.24, 2.45) is 0 Å². The second-order valence-corrected chi connectivity index (χ2v) is 9.30. The van der Waals surface area contributed by atoms with Crippen LogP contribution in [0.15, 0.2) is 60.9 Å². The van der Waals surface area contributed by atoms with E-state index >= 15 is 0 Å². The van der Waals surface area contributed by atoms with E-state index in [1.165, 1.54) is 24.2 Å². The Kier molecular flexibility index (Phi) is 6.25. The number of carbonyl (C=O) groups is 1. The molecule has 35 heavy (non-hydrogen) atoms. The molecule has 3 aromatic rings. The molecule has 1 saturated heterocycles. The number of pyridine rings is 1. The lowest BCUT2D eigenvalue weighted by Crippen LogP contribution is -2.42. The quantitative estimate of drug-likeness (QED) is 0.553. The van der Waals surface area contributed by atoms with Gasteiger partial charge in [-0.25, -0.2) is 13.6 Å². The SMILES string of the molecule is CN(C(=O)O)C(c1ccc(CN2CCC3(CC2)OCc2ccncc23)cc1)c1ccc(F)c(F)c1. The molecule has 1 N–H and O–H groups in total. The van der Waals surface area contributed by atoms with E-state index in [1.807, 2.05) is 42.7 Å². The first-order chi connectivity index (χ1) is 16.9. The van der Waals surface area contributed by atoms with Crippen molar-refractivity contribution in [3.63, 3.8) is 0 Å². The van der Waals surface area contributed by atoms with Gasteiger partial charge in [0.15, 0.2) is 11.6 Å². The molecule has 0 bridgehead atoms. The molecule has 1 amide bonds. The maximum absolute atomic E-state index is 13.9. The number of ether oxygens (including phenoxy) is 1. The van der Waals surface area contributed by atoms with Crippen LogP contribution in [0, 0.1) is 11.6 Å². The highest BCUT2D eigenvalue weighted by molar-refractivity contribution is 5.66. The van der Waals surface area contributed by atoms with Crippen molar-refractivity contribution >= 4 is 6.09 Å². The van der Waals surface area contributed by atoms with E-state index in [9.17, 15) is 18.7 Å². The van der Waals surface area contributed by atoms with E-state index in [4.69, 9.17) is 4.74 Å². The van der Waals surface area contributed by atoms with Crippen molar-refractivity contribution in [2.75, 3.05) is 20.1 Å². The smallest absolute Gasteiger partial charge is 0.407 e. The minimum Gasteiger partial charge on any atom is -0.465 e. The Morgan fingerprint density at radius 2 is 1.83 bits per heavy atom. The van der Waals surface area contributed by atoms with Crippen LogP contribution in [0.4, 0.5) is 13.6 Å². The van der Waals surface area contributed by atoms with Crippen molar-refractivity contribution < 1.29 is 23.4 Å². The lowest BCUT2D eigenvalue weighted by Gasteiger charge is -2.39. The molecular weight excluding hydrogens is 452 g/mol. The summed E-state index contributed by atoms with van der Waals surface area (Å²) in [6.45, 7) is 3.20. The molecule has 0 saturated carbocycles. The fourth-order valence-electron chi connectivity index (χ4n) is 5.24. The average Bonchev–Trinajstić information content (AvgIpc) is 3.22. The van der Waals surface area contributed by atoms with Gasteiger partial charge in [0.25, 0.3) is 0 Å². The predicted octanol–water partition coefficient (Wildman–Crippen LogP) is 5.08. The Morgan fingerprint density at radius 3 is 2.51 bits per heavy atom. The lowest BCUT2D eigenvalue weighted by molar-refractivity contribution is -0.0800. The van der Waals surface area contributed by atoms with Crippen LogP contribution in [0.3, 0.4) is 0 Å². The van der Waals surface area contributed by atoms with Gasteiger partial charge in [-0.05, 0) is 53.3 Å². The van der Waals surface area contributed by atoms with Crippen LogP contribution in [0.25, 0.3) is 0 Å². The number of nitrogens with zero attached hydrogens (tertiary/aromatic N) is 3. The largest absolute Gasteiger partial charge is 0.465 e. The first kappa shape index (κ1) is 23.4. The maximum Gasteiger partial charge on any atom is 0.407 e. The summed E-state index contributed by atoms with van der Waals surface area (Å²) in [6.07, 6.45) is 4.41. The lowest BCUT2D eigenvalue weighted by atomic mass is 9.84. The summed E-state index contributed by atoms with van der Waals surface area (Å²) in [5, 5.41) is 9.56. The number of amides is 1. The number of aromatic nitrogens is 1. The second kappa shape index (κ2) is 9.36. The summed E-state index contributed by atoms with van der Waals surface area (Å²) < 4.78 is 33.5. The van der Waals surface area contributed by atoms with Gasteiger partial charge in [-0.1, -0.05) is 30.3 Å². The topological polar surface area (TPSA) is 65.9 Å². The number of carboxylic acid groups (broad SMARTS) is 1. The van der Waals surface area contributed by atoms with E-state index in [0.717, 1.165) is 55.1 Å². The van der Waals surface area contributed by atoms with E-state index in [1.54, 1.807) is 0 Å². The Labute approximate surface area is 202 Å². The third-order valence-electron chi connectivity index (χ3n) is 7.22. The fraction of sp³-hybridized carbons (Fsp3) is 0.333. The molecule has 1 spiro atoms. The van der Waals surface area contributed by atoms with Crippen molar-refractivity contribution in [3.05, 3.63) is 100 Å². The minimum absolute atomic E-state index is 0.233. The number of halogens is 2. The van der Waals surface area contributed by atoms with Crippen molar-refractivity contribution in [1.82, 2.24) is 14.8 Å². The van der Waals surface area contributed by atoms with Gasteiger partial charge in [0.1, 0.15) is 0 Å². The molecule has 1 atom stereocenters. The maximum atomic E-state index is 13.9. The van der Waals surface area contributed by atoms with E-state index < -0.39 is 23.8 Å². The van der Waals surface area contributed by atoms with Gasteiger partial charge in [0.05, 0.1) is 18.2 Å². The number of rotatable bonds is 5. The highest BCUT2D eigenvalue weighted by Gasteiger charge is 2.42. The molecule has 1 unspecified atom stereocenters. The van der Waals surface area contributed by atoms with E-state index in [-0.39, 0.29) is 5.60 Å². The summed E-state index contributed by atoms with van der Waals surface area (Å²) in [5.74, 6) is -1.97. The second-order valence-electron chi connectivity index (χ2n) is 9.30. The molecule has 3 heterocycles. The molecule has 1 fully saturated rings. The number of piperidine rings is 1. The Bertz CT molecular complexity index is 1230. The summed E-state index contributed by atoms with van der Waals surface area (Å²) >= 11 is 0. The zero-order valence-corrected chi connectivity index (χ0v) is 19.5. The molecule has 0 aliphatic carbocycles.